The van der Waals surface area contributed by atoms with Crippen LogP contribution in [0.25, 0.3) is 0 Å². The van der Waals surface area contributed by atoms with Crippen LogP contribution in [0, 0.1) is 0 Å². The van der Waals surface area contributed by atoms with Crippen molar-refractivity contribution in [2.24, 2.45) is 0 Å². The first-order chi connectivity index (χ1) is 11.4. The third-order valence-corrected chi connectivity index (χ3v) is 4.28. The van der Waals surface area contributed by atoms with Crippen LogP contribution in [0.15, 0.2) is 51.4 Å². The standard InChI is InChI=1S/C17H16Br2N2O3/c1-10(2)24-15-8-7-11(9-14(15)19)16(22)20-21-17(23)12-5-3-4-6-13(12)18/h3-10H,1-2H3,(H,20,22)(H,21,23). The van der Waals surface area contributed by atoms with Crippen LogP contribution >= 0.6 is 31.9 Å². The van der Waals surface area contributed by atoms with Gasteiger partial charge in [0.05, 0.1) is 16.1 Å². The lowest BCUT2D eigenvalue weighted by molar-refractivity contribution is 0.0846. The van der Waals surface area contributed by atoms with Gasteiger partial charge in [-0.15, -0.1) is 0 Å². The van der Waals surface area contributed by atoms with E-state index in [1.807, 2.05) is 13.8 Å². The third kappa shape index (κ3) is 4.82. The number of ether oxygens (including phenoxy) is 1. The van der Waals surface area contributed by atoms with Crippen LogP contribution in [-0.4, -0.2) is 17.9 Å². The second-order valence-electron chi connectivity index (χ2n) is 5.20. The molecular formula is C17H16Br2N2O3. The lowest BCUT2D eigenvalue weighted by atomic mass is 10.2. The third-order valence-electron chi connectivity index (χ3n) is 2.96. The molecule has 5 nitrogen and oxygen atoms in total. The molecule has 0 atom stereocenters. The summed E-state index contributed by atoms with van der Waals surface area (Å²) in [6.45, 7) is 3.84. The number of carbonyl (C=O) groups is 2. The lowest BCUT2D eigenvalue weighted by Gasteiger charge is -2.13. The normalized spacial score (nSPS) is 10.4. The summed E-state index contributed by atoms with van der Waals surface area (Å²) in [5.41, 5.74) is 5.60. The number of hydrogen-bond donors (Lipinski definition) is 2. The van der Waals surface area contributed by atoms with Crippen LogP contribution in [0.1, 0.15) is 34.6 Å². The Bertz CT molecular complexity index is 763. The quantitative estimate of drug-likeness (QED) is 0.682. The molecule has 2 amide bonds. The summed E-state index contributed by atoms with van der Waals surface area (Å²) < 4.78 is 6.91. The molecule has 2 aromatic carbocycles. The Labute approximate surface area is 157 Å². The van der Waals surface area contributed by atoms with Gasteiger partial charge < -0.3 is 4.74 Å². The molecule has 126 valence electrons. The van der Waals surface area contributed by atoms with Crippen molar-refractivity contribution in [1.82, 2.24) is 10.9 Å². The highest BCUT2D eigenvalue weighted by atomic mass is 79.9. The van der Waals surface area contributed by atoms with Gasteiger partial charge in [0.1, 0.15) is 5.75 Å². The molecule has 0 saturated carbocycles. The monoisotopic (exact) mass is 454 g/mol. The molecule has 2 rings (SSSR count). The van der Waals surface area contributed by atoms with Crippen LogP contribution in [-0.2, 0) is 0 Å². The van der Waals surface area contributed by atoms with Crippen molar-refractivity contribution in [3.8, 4) is 5.75 Å². The van der Waals surface area contributed by atoms with Crippen LogP contribution in [0.4, 0.5) is 0 Å². The number of carbonyl (C=O) groups excluding carboxylic acids is 2. The zero-order valence-corrected chi connectivity index (χ0v) is 16.3. The second kappa shape index (κ2) is 8.30. The first-order valence-corrected chi connectivity index (χ1v) is 8.78. The molecule has 0 fully saturated rings. The van der Waals surface area contributed by atoms with Crippen molar-refractivity contribution < 1.29 is 14.3 Å². The summed E-state index contributed by atoms with van der Waals surface area (Å²) in [6.07, 6.45) is 0.0320. The summed E-state index contributed by atoms with van der Waals surface area (Å²) in [7, 11) is 0. The van der Waals surface area contributed by atoms with E-state index in [2.05, 4.69) is 42.7 Å². The predicted molar refractivity (Wildman–Crippen MR) is 99.0 cm³/mol. The zero-order chi connectivity index (χ0) is 17.7. The van der Waals surface area contributed by atoms with E-state index in [9.17, 15) is 9.59 Å². The van der Waals surface area contributed by atoms with Gasteiger partial charge >= 0.3 is 0 Å². The van der Waals surface area contributed by atoms with Gasteiger partial charge in [-0.25, -0.2) is 0 Å². The SMILES string of the molecule is CC(C)Oc1ccc(C(=O)NNC(=O)c2ccccc2Br)cc1Br. The topological polar surface area (TPSA) is 67.4 Å². The molecule has 0 aliphatic heterocycles. The molecule has 0 heterocycles. The summed E-state index contributed by atoms with van der Waals surface area (Å²) in [6, 6.07) is 11.9. The van der Waals surface area contributed by atoms with Crippen molar-refractivity contribution >= 4 is 43.7 Å². The van der Waals surface area contributed by atoms with Gasteiger partial charge in [-0.3, -0.25) is 20.4 Å². The van der Waals surface area contributed by atoms with E-state index < -0.39 is 11.8 Å². The summed E-state index contributed by atoms with van der Waals surface area (Å²) >= 11 is 6.66. The molecular weight excluding hydrogens is 440 g/mol. The molecule has 24 heavy (non-hydrogen) atoms. The average molecular weight is 456 g/mol. The van der Waals surface area contributed by atoms with Crippen LogP contribution in [0.3, 0.4) is 0 Å². The maximum Gasteiger partial charge on any atom is 0.270 e. The molecule has 0 aliphatic rings. The number of hydrogen-bond acceptors (Lipinski definition) is 3. The van der Waals surface area contributed by atoms with Gasteiger partial charge in [-0.05, 0) is 76.0 Å². The Kier molecular flexibility index (Phi) is 6.39. The van der Waals surface area contributed by atoms with E-state index in [0.717, 1.165) is 0 Å². The fraction of sp³-hybridized carbons (Fsp3) is 0.176. The predicted octanol–water partition coefficient (Wildman–Crippen LogP) is 4.07. The van der Waals surface area contributed by atoms with Crippen molar-refractivity contribution in [3.63, 3.8) is 0 Å². The molecule has 0 bridgehead atoms. The van der Waals surface area contributed by atoms with Crippen LogP contribution in [0.2, 0.25) is 0 Å². The fourth-order valence-electron chi connectivity index (χ4n) is 1.89. The van der Waals surface area contributed by atoms with Gasteiger partial charge in [0.2, 0.25) is 0 Å². The van der Waals surface area contributed by atoms with E-state index in [0.29, 0.717) is 25.8 Å². The van der Waals surface area contributed by atoms with E-state index in [1.165, 1.54) is 0 Å². The first-order valence-electron chi connectivity index (χ1n) is 7.20. The molecule has 2 N–H and O–H groups in total. The summed E-state index contributed by atoms with van der Waals surface area (Å²) in [5, 5.41) is 0. The van der Waals surface area contributed by atoms with E-state index in [4.69, 9.17) is 4.74 Å². The zero-order valence-electron chi connectivity index (χ0n) is 13.1. The highest BCUT2D eigenvalue weighted by Gasteiger charge is 2.13. The van der Waals surface area contributed by atoms with Gasteiger partial charge in [-0.2, -0.15) is 0 Å². The Balaban J connectivity index is 2.01. The Morgan fingerprint density at radius 3 is 2.25 bits per heavy atom. The Hall–Kier alpha value is -1.86. The van der Waals surface area contributed by atoms with E-state index in [-0.39, 0.29) is 6.10 Å². The van der Waals surface area contributed by atoms with Crippen LogP contribution < -0.4 is 15.6 Å². The van der Waals surface area contributed by atoms with Crippen molar-refractivity contribution in [2.75, 3.05) is 0 Å². The van der Waals surface area contributed by atoms with E-state index >= 15 is 0 Å². The molecule has 0 unspecified atom stereocenters. The largest absolute Gasteiger partial charge is 0.490 e. The molecule has 2 aromatic rings. The molecule has 0 saturated heterocycles. The number of rotatable bonds is 4. The van der Waals surface area contributed by atoms with Crippen molar-refractivity contribution in [3.05, 3.63) is 62.5 Å². The highest BCUT2D eigenvalue weighted by molar-refractivity contribution is 9.10. The highest BCUT2D eigenvalue weighted by Crippen LogP contribution is 2.26. The van der Waals surface area contributed by atoms with Gasteiger partial charge in [0.15, 0.2) is 0 Å². The average Bonchev–Trinajstić information content (AvgIpc) is 2.54. The number of amides is 2. The summed E-state index contributed by atoms with van der Waals surface area (Å²) in [5.74, 6) is -0.180. The Morgan fingerprint density at radius 2 is 1.62 bits per heavy atom. The van der Waals surface area contributed by atoms with E-state index in [1.54, 1.807) is 42.5 Å². The number of halogens is 2. The maximum atomic E-state index is 12.2. The minimum atomic E-state index is -0.424. The number of benzene rings is 2. The lowest BCUT2D eigenvalue weighted by Crippen LogP contribution is -2.41. The molecule has 0 radical (unpaired) electrons. The number of hydrazine groups is 1. The molecule has 0 spiro atoms. The fourth-order valence-corrected chi connectivity index (χ4v) is 2.83. The second-order valence-corrected chi connectivity index (χ2v) is 6.91. The van der Waals surface area contributed by atoms with Crippen molar-refractivity contribution in [2.45, 2.75) is 20.0 Å². The molecule has 0 aliphatic carbocycles. The molecule has 0 aromatic heterocycles. The van der Waals surface area contributed by atoms with Gasteiger partial charge in [0, 0.05) is 10.0 Å². The Morgan fingerprint density at radius 1 is 0.958 bits per heavy atom. The van der Waals surface area contributed by atoms with Gasteiger partial charge in [0.25, 0.3) is 11.8 Å². The van der Waals surface area contributed by atoms with Crippen molar-refractivity contribution in [1.29, 1.82) is 0 Å². The number of nitrogens with one attached hydrogen (secondary N) is 2. The maximum absolute atomic E-state index is 12.2. The van der Waals surface area contributed by atoms with Crippen LogP contribution in [0.5, 0.6) is 5.75 Å². The minimum absolute atomic E-state index is 0.0320. The van der Waals surface area contributed by atoms with Gasteiger partial charge in [-0.1, -0.05) is 12.1 Å². The first kappa shape index (κ1) is 18.5. The molecule has 7 heteroatoms. The minimum Gasteiger partial charge on any atom is -0.490 e. The summed E-state index contributed by atoms with van der Waals surface area (Å²) in [4.78, 5) is 24.2. The smallest absolute Gasteiger partial charge is 0.270 e.